The third-order valence-electron chi connectivity index (χ3n) is 5.05. The van der Waals surface area contributed by atoms with Crippen molar-refractivity contribution in [2.75, 3.05) is 31.2 Å². The number of para-hydroxylation sites is 1. The normalized spacial score (nSPS) is 13.8. The van der Waals surface area contributed by atoms with Crippen molar-refractivity contribution in [1.29, 1.82) is 0 Å². The Hall–Kier alpha value is -3.59. The van der Waals surface area contributed by atoms with Gasteiger partial charge in [0.1, 0.15) is 5.82 Å². The molecule has 0 bridgehead atoms. The number of ether oxygens (including phenoxy) is 1. The van der Waals surface area contributed by atoms with Crippen molar-refractivity contribution in [3.05, 3.63) is 59.9 Å². The molecule has 9 nitrogen and oxygen atoms in total. The Morgan fingerprint density at radius 1 is 1.10 bits per heavy atom. The van der Waals surface area contributed by atoms with Gasteiger partial charge in [0, 0.05) is 55.5 Å². The van der Waals surface area contributed by atoms with Gasteiger partial charge in [0.05, 0.1) is 18.8 Å². The van der Waals surface area contributed by atoms with Crippen LogP contribution in [-0.4, -0.2) is 47.8 Å². The number of hydrogen-bond acceptors (Lipinski definition) is 5. The molecule has 1 saturated heterocycles. The molecule has 3 amide bonds. The van der Waals surface area contributed by atoms with E-state index in [2.05, 4.69) is 26.1 Å². The van der Waals surface area contributed by atoms with Crippen LogP contribution in [0.15, 0.2) is 48.8 Å². The number of aryl methyl sites for hydroxylation is 1. The lowest BCUT2D eigenvalue weighted by atomic mass is 10.2. The van der Waals surface area contributed by atoms with Crippen LogP contribution in [0.25, 0.3) is 10.9 Å². The van der Waals surface area contributed by atoms with Gasteiger partial charge < -0.3 is 19.5 Å². The lowest BCUT2D eigenvalue weighted by Gasteiger charge is -2.29. The molecule has 3 heterocycles. The second-order valence-corrected chi connectivity index (χ2v) is 7.02. The number of urea groups is 1. The third kappa shape index (κ3) is 4.20. The Bertz CT molecular complexity index is 1060. The number of nitrogens with one attached hydrogen (secondary N) is 3. The van der Waals surface area contributed by atoms with Gasteiger partial charge in [-0.05, 0) is 12.1 Å². The van der Waals surface area contributed by atoms with E-state index in [4.69, 9.17) is 4.74 Å². The summed E-state index contributed by atoms with van der Waals surface area (Å²) in [4.78, 5) is 31.3. The molecular formula is C21H24N6O3. The van der Waals surface area contributed by atoms with Gasteiger partial charge >= 0.3 is 6.03 Å². The van der Waals surface area contributed by atoms with E-state index >= 15 is 0 Å². The lowest BCUT2D eigenvalue weighted by Crippen LogP contribution is -2.46. The van der Waals surface area contributed by atoms with E-state index in [1.807, 2.05) is 48.0 Å². The van der Waals surface area contributed by atoms with Crippen molar-refractivity contribution in [3.8, 4) is 0 Å². The van der Waals surface area contributed by atoms with E-state index in [1.54, 1.807) is 12.4 Å². The summed E-state index contributed by atoms with van der Waals surface area (Å²) in [6.07, 6.45) is 3.47. The predicted octanol–water partition coefficient (Wildman–Crippen LogP) is 1.55. The van der Waals surface area contributed by atoms with E-state index in [0.717, 1.165) is 35.4 Å². The van der Waals surface area contributed by atoms with Gasteiger partial charge in [-0.2, -0.15) is 0 Å². The fourth-order valence-corrected chi connectivity index (χ4v) is 3.55. The van der Waals surface area contributed by atoms with Crippen LogP contribution < -0.4 is 21.1 Å². The molecule has 9 heteroatoms. The summed E-state index contributed by atoms with van der Waals surface area (Å²) in [6.45, 7) is 3.12. The number of fused-ring (bicyclic) bond motifs is 1. The number of carbonyl (C=O) groups is 2. The minimum absolute atomic E-state index is 0.288. The molecular weight excluding hydrogens is 384 g/mol. The summed E-state index contributed by atoms with van der Waals surface area (Å²) in [6, 6.07) is 10.9. The van der Waals surface area contributed by atoms with Crippen molar-refractivity contribution in [2.24, 2.45) is 7.05 Å². The molecule has 1 aromatic carbocycles. The van der Waals surface area contributed by atoms with Crippen LogP contribution in [0.2, 0.25) is 0 Å². The monoisotopic (exact) mass is 408 g/mol. The van der Waals surface area contributed by atoms with E-state index in [1.165, 1.54) is 0 Å². The Morgan fingerprint density at radius 2 is 1.90 bits per heavy atom. The number of morpholine rings is 1. The molecule has 0 radical (unpaired) electrons. The van der Waals surface area contributed by atoms with Gasteiger partial charge in [-0.3, -0.25) is 10.2 Å². The van der Waals surface area contributed by atoms with Gasteiger partial charge in [-0.25, -0.2) is 15.2 Å². The largest absolute Gasteiger partial charge is 0.378 e. The lowest BCUT2D eigenvalue weighted by molar-refractivity contribution is 0.0937. The molecule has 0 aliphatic carbocycles. The topological polar surface area (TPSA) is 101 Å². The summed E-state index contributed by atoms with van der Waals surface area (Å²) < 4.78 is 7.26. The van der Waals surface area contributed by atoms with E-state index in [0.29, 0.717) is 18.8 Å². The molecule has 3 aromatic rings. The Labute approximate surface area is 174 Å². The number of rotatable bonds is 4. The van der Waals surface area contributed by atoms with Crippen LogP contribution in [0, 0.1) is 0 Å². The molecule has 2 aromatic heterocycles. The van der Waals surface area contributed by atoms with Crippen LogP contribution in [0.4, 0.5) is 10.6 Å². The van der Waals surface area contributed by atoms with Crippen LogP contribution in [0.5, 0.6) is 0 Å². The first-order valence-electron chi connectivity index (χ1n) is 9.78. The number of amides is 3. The minimum Gasteiger partial charge on any atom is -0.378 e. The van der Waals surface area contributed by atoms with E-state index in [-0.39, 0.29) is 12.5 Å². The first kappa shape index (κ1) is 19.7. The zero-order chi connectivity index (χ0) is 20.9. The number of benzene rings is 1. The first-order valence-corrected chi connectivity index (χ1v) is 9.78. The highest BCUT2D eigenvalue weighted by Crippen LogP contribution is 2.20. The minimum atomic E-state index is -0.500. The molecule has 156 valence electrons. The maximum atomic E-state index is 12.5. The second kappa shape index (κ2) is 8.83. The van der Waals surface area contributed by atoms with Crippen LogP contribution in [-0.2, 0) is 18.3 Å². The Balaban J connectivity index is 1.34. The molecule has 3 N–H and O–H groups in total. The van der Waals surface area contributed by atoms with Crippen molar-refractivity contribution in [2.45, 2.75) is 6.54 Å². The number of hydrazine groups is 1. The maximum absolute atomic E-state index is 12.5. The predicted molar refractivity (Wildman–Crippen MR) is 113 cm³/mol. The smallest absolute Gasteiger partial charge is 0.333 e. The van der Waals surface area contributed by atoms with Gasteiger partial charge in [-0.1, -0.05) is 24.3 Å². The van der Waals surface area contributed by atoms with Gasteiger partial charge in [0.2, 0.25) is 0 Å². The average molecular weight is 408 g/mol. The van der Waals surface area contributed by atoms with Crippen LogP contribution in [0.1, 0.15) is 15.9 Å². The van der Waals surface area contributed by atoms with E-state index in [9.17, 15) is 9.59 Å². The highest BCUT2D eigenvalue weighted by atomic mass is 16.5. The van der Waals surface area contributed by atoms with Crippen LogP contribution in [0.3, 0.4) is 0 Å². The molecule has 0 unspecified atom stereocenters. The second-order valence-electron chi connectivity index (χ2n) is 7.02. The first-order chi connectivity index (χ1) is 14.6. The SMILES string of the molecule is Cn1cc(C(=O)NNC(=O)NCc2cccnc2N2CCOCC2)c2ccccc21. The molecule has 0 saturated carbocycles. The summed E-state index contributed by atoms with van der Waals surface area (Å²) in [7, 11) is 1.87. The fourth-order valence-electron chi connectivity index (χ4n) is 3.55. The van der Waals surface area contributed by atoms with Crippen molar-refractivity contribution in [3.63, 3.8) is 0 Å². The van der Waals surface area contributed by atoms with Crippen LogP contribution >= 0.6 is 0 Å². The van der Waals surface area contributed by atoms with Gasteiger partial charge in [-0.15, -0.1) is 0 Å². The fraction of sp³-hybridized carbons (Fsp3) is 0.286. The van der Waals surface area contributed by atoms with Crippen molar-refractivity contribution < 1.29 is 14.3 Å². The Morgan fingerprint density at radius 3 is 2.73 bits per heavy atom. The molecule has 4 rings (SSSR count). The number of pyridine rings is 1. The number of aromatic nitrogens is 2. The zero-order valence-electron chi connectivity index (χ0n) is 16.7. The summed E-state index contributed by atoms with van der Waals surface area (Å²) in [5, 5.41) is 3.58. The molecule has 0 spiro atoms. The average Bonchev–Trinajstić information content (AvgIpc) is 3.13. The quantitative estimate of drug-likeness (QED) is 0.569. The number of carbonyl (C=O) groups excluding carboxylic acids is 2. The number of nitrogens with zero attached hydrogens (tertiary/aromatic N) is 3. The van der Waals surface area contributed by atoms with Crippen molar-refractivity contribution in [1.82, 2.24) is 25.7 Å². The molecule has 1 aliphatic heterocycles. The van der Waals surface area contributed by atoms with Gasteiger partial charge in [0.25, 0.3) is 5.91 Å². The molecule has 1 aliphatic rings. The third-order valence-corrected chi connectivity index (χ3v) is 5.05. The standard InChI is InChI=1S/C21H24N6O3/c1-26-14-17(16-6-2-3-7-18(16)26)20(28)24-25-21(29)23-13-15-5-4-8-22-19(15)27-9-11-30-12-10-27/h2-8,14H,9-13H2,1H3,(H,24,28)(H2,23,25,29). The molecule has 0 atom stereocenters. The Kier molecular flexibility index (Phi) is 5.80. The highest BCUT2D eigenvalue weighted by molar-refractivity contribution is 6.07. The molecule has 30 heavy (non-hydrogen) atoms. The molecule has 1 fully saturated rings. The maximum Gasteiger partial charge on any atom is 0.333 e. The highest BCUT2D eigenvalue weighted by Gasteiger charge is 2.17. The summed E-state index contributed by atoms with van der Waals surface area (Å²) in [5.41, 5.74) is 7.21. The zero-order valence-corrected chi connectivity index (χ0v) is 16.7. The van der Waals surface area contributed by atoms with Crippen molar-refractivity contribution >= 4 is 28.7 Å². The van der Waals surface area contributed by atoms with Gasteiger partial charge in [0.15, 0.2) is 0 Å². The summed E-state index contributed by atoms with van der Waals surface area (Å²) >= 11 is 0. The number of anilines is 1. The van der Waals surface area contributed by atoms with E-state index < -0.39 is 6.03 Å². The number of hydrogen-bond donors (Lipinski definition) is 3. The summed E-state index contributed by atoms with van der Waals surface area (Å²) in [5.74, 6) is 0.457.